The number of hydrogen-bond acceptors (Lipinski definition) is 4. The monoisotopic (exact) mass is 242 g/mol. The number of nitrogens with zero attached hydrogens (tertiary/aromatic N) is 1. The van der Waals surface area contributed by atoms with Crippen molar-refractivity contribution < 1.29 is 9.53 Å². The summed E-state index contributed by atoms with van der Waals surface area (Å²) < 4.78 is 4.86. The van der Waals surface area contributed by atoms with Gasteiger partial charge in [0.15, 0.2) is 0 Å². The van der Waals surface area contributed by atoms with Crippen LogP contribution in [-0.4, -0.2) is 43.2 Å². The first kappa shape index (κ1) is 14.5. The second kappa shape index (κ2) is 5.83. The largest absolute Gasteiger partial charge is 0.469 e. The standard InChI is InChI=1S/C13H26N2O2/c1-10-6-5-7-11(8-14)15(10)9-13(2,3)12(16)17-4/h10-11H,5-9,14H2,1-4H3. The van der Waals surface area contributed by atoms with Gasteiger partial charge in [-0.05, 0) is 33.6 Å². The zero-order chi connectivity index (χ0) is 13.1. The van der Waals surface area contributed by atoms with Gasteiger partial charge in [-0.3, -0.25) is 9.69 Å². The first-order chi connectivity index (χ1) is 7.92. The highest BCUT2D eigenvalue weighted by molar-refractivity contribution is 5.76. The Kier molecular flexibility index (Phi) is 4.95. The number of piperidine rings is 1. The number of carbonyl (C=O) groups excluding carboxylic acids is 1. The van der Waals surface area contributed by atoms with E-state index >= 15 is 0 Å². The smallest absolute Gasteiger partial charge is 0.312 e. The van der Waals surface area contributed by atoms with Crippen molar-refractivity contribution in [2.24, 2.45) is 11.1 Å². The van der Waals surface area contributed by atoms with E-state index < -0.39 is 5.41 Å². The Morgan fingerprint density at radius 3 is 2.65 bits per heavy atom. The van der Waals surface area contributed by atoms with E-state index in [0.717, 1.165) is 13.0 Å². The van der Waals surface area contributed by atoms with Crippen molar-refractivity contribution in [3.63, 3.8) is 0 Å². The molecule has 0 aromatic rings. The molecule has 2 N–H and O–H groups in total. The second-order valence-electron chi connectivity index (χ2n) is 5.72. The van der Waals surface area contributed by atoms with Crippen molar-refractivity contribution in [1.29, 1.82) is 0 Å². The molecule has 0 radical (unpaired) electrons. The van der Waals surface area contributed by atoms with E-state index in [4.69, 9.17) is 10.5 Å². The molecule has 0 aliphatic carbocycles. The predicted octanol–water partition coefficient (Wildman–Crippen LogP) is 1.39. The van der Waals surface area contributed by atoms with Gasteiger partial charge in [0.1, 0.15) is 0 Å². The Morgan fingerprint density at radius 1 is 1.47 bits per heavy atom. The topological polar surface area (TPSA) is 55.6 Å². The third-order valence-corrected chi connectivity index (χ3v) is 3.78. The Hall–Kier alpha value is -0.610. The van der Waals surface area contributed by atoms with Crippen LogP contribution in [0, 0.1) is 5.41 Å². The molecule has 2 atom stereocenters. The summed E-state index contributed by atoms with van der Waals surface area (Å²) in [6.45, 7) is 7.49. The Labute approximate surface area is 104 Å². The summed E-state index contributed by atoms with van der Waals surface area (Å²) in [5, 5.41) is 0. The number of rotatable bonds is 4. The van der Waals surface area contributed by atoms with E-state index in [1.807, 2.05) is 13.8 Å². The first-order valence-electron chi connectivity index (χ1n) is 6.46. The lowest BCUT2D eigenvalue weighted by Crippen LogP contribution is -2.53. The molecule has 2 unspecified atom stereocenters. The molecule has 4 heteroatoms. The predicted molar refractivity (Wildman–Crippen MR) is 68.7 cm³/mol. The normalized spacial score (nSPS) is 26.9. The summed E-state index contributed by atoms with van der Waals surface area (Å²) in [6, 6.07) is 0.906. The van der Waals surface area contributed by atoms with Crippen LogP contribution in [0.15, 0.2) is 0 Å². The highest BCUT2D eigenvalue weighted by Gasteiger charge is 2.36. The molecule has 1 fully saturated rings. The van der Waals surface area contributed by atoms with Gasteiger partial charge in [-0.1, -0.05) is 6.42 Å². The molecule has 100 valence electrons. The molecule has 4 nitrogen and oxygen atoms in total. The van der Waals surface area contributed by atoms with Crippen LogP contribution in [-0.2, 0) is 9.53 Å². The van der Waals surface area contributed by atoms with Crippen LogP contribution in [0.3, 0.4) is 0 Å². The van der Waals surface area contributed by atoms with Gasteiger partial charge in [-0.2, -0.15) is 0 Å². The summed E-state index contributed by atoms with van der Waals surface area (Å²) in [6.07, 6.45) is 3.56. The van der Waals surface area contributed by atoms with E-state index in [2.05, 4.69) is 11.8 Å². The third-order valence-electron chi connectivity index (χ3n) is 3.78. The van der Waals surface area contributed by atoms with Crippen LogP contribution in [0.5, 0.6) is 0 Å². The maximum absolute atomic E-state index is 11.7. The highest BCUT2D eigenvalue weighted by atomic mass is 16.5. The SMILES string of the molecule is COC(=O)C(C)(C)CN1C(C)CCCC1CN. The fourth-order valence-corrected chi connectivity index (χ4v) is 2.68. The summed E-state index contributed by atoms with van der Waals surface area (Å²) in [4.78, 5) is 14.1. The van der Waals surface area contributed by atoms with Gasteiger partial charge in [0.2, 0.25) is 0 Å². The maximum Gasteiger partial charge on any atom is 0.312 e. The van der Waals surface area contributed by atoms with Crippen LogP contribution >= 0.6 is 0 Å². The molecule has 0 aromatic heterocycles. The van der Waals surface area contributed by atoms with Crippen LogP contribution in [0.4, 0.5) is 0 Å². The van der Waals surface area contributed by atoms with E-state index in [-0.39, 0.29) is 5.97 Å². The minimum absolute atomic E-state index is 0.147. The molecule has 0 amide bonds. The lowest BCUT2D eigenvalue weighted by atomic mass is 9.88. The van der Waals surface area contributed by atoms with Crippen LogP contribution in [0.1, 0.15) is 40.0 Å². The van der Waals surface area contributed by atoms with Crippen LogP contribution < -0.4 is 5.73 Å². The van der Waals surface area contributed by atoms with Crippen molar-refractivity contribution in [2.75, 3.05) is 20.2 Å². The van der Waals surface area contributed by atoms with E-state index in [1.165, 1.54) is 20.0 Å². The fraction of sp³-hybridized carbons (Fsp3) is 0.923. The number of methoxy groups -OCH3 is 1. The van der Waals surface area contributed by atoms with Gasteiger partial charge in [-0.25, -0.2) is 0 Å². The Bertz CT molecular complexity index is 266. The molecule has 1 rings (SSSR count). The van der Waals surface area contributed by atoms with Crippen molar-refractivity contribution in [1.82, 2.24) is 4.90 Å². The third kappa shape index (κ3) is 3.42. The molecule has 1 heterocycles. The van der Waals surface area contributed by atoms with Crippen molar-refractivity contribution in [3.05, 3.63) is 0 Å². The van der Waals surface area contributed by atoms with Gasteiger partial charge in [0.05, 0.1) is 12.5 Å². The molecular formula is C13H26N2O2. The van der Waals surface area contributed by atoms with Gasteiger partial charge in [0.25, 0.3) is 0 Å². The number of ether oxygens (including phenoxy) is 1. The maximum atomic E-state index is 11.7. The van der Waals surface area contributed by atoms with Crippen molar-refractivity contribution >= 4 is 5.97 Å². The minimum Gasteiger partial charge on any atom is -0.469 e. The first-order valence-corrected chi connectivity index (χ1v) is 6.46. The zero-order valence-electron chi connectivity index (χ0n) is 11.5. The summed E-state index contributed by atoms with van der Waals surface area (Å²) in [7, 11) is 1.45. The van der Waals surface area contributed by atoms with E-state index in [0.29, 0.717) is 18.6 Å². The van der Waals surface area contributed by atoms with Crippen molar-refractivity contribution in [3.8, 4) is 0 Å². The second-order valence-corrected chi connectivity index (χ2v) is 5.72. The molecule has 0 saturated carbocycles. The Morgan fingerprint density at radius 2 is 2.12 bits per heavy atom. The molecule has 17 heavy (non-hydrogen) atoms. The summed E-state index contributed by atoms with van der Waals surface area (Å²) >= 11 is 0. The Balaban J connectivity index is 2.72. The van der Waals surface area contributed by atoms with Crippen molar-refractivity contribution in [2.45, 2.75) is 52.1 Å². The molecule has 0 aromatic carbocycles. The zero-order valence-corrected chi connectivity index (χ0v) is 11.5. The average Bonchev–Trinajstić information content (AvgIpc) is 2.30. The minimum atomic E-state index is -0.465. The number of likely N-dealkylation sites (tertiary alicyclic amines) is 1. The molecule has 1 aliphatic heterocycles. The lowest BCUT2D eigenvalue weighted by Gasteiger charge is -2.43. The molecule has 1 saturated heterocycles. The quantitative estimate of drug-likeness (QED) is 0.757. The number of nitrogens with two attached hydrogens (primary N) is 1. The number of carbonyl (C=O) groups is 1. The van der Waals surface area contributed by atoms with Gasteiger partial charge in [0, 0.05) is 25.2 Å². The molecule has 1 aliphatic rings. The average molecular weight is 242 g/mol. The van der Waals surface area contributed by atoms with Gasteiger partial charge >= 0.3 is 5.97 Å². The number of hydrogen-bond donors (Lipinski definition) is 1. The van der Waals surface area contributed by atoms with Crippen LogP contribution in [0.25, 0.3) is 0 Å². The van der Waals surface area contributed by atoms with E-state index in [1.54, 1.807) is 0 Å². The lowest BCUT2D eigenvalue weighted by molar-refractivity contribution is -0.152. The highest BCUT2D eigenvalue weighted by Crippen LogP contribution is 2.28. The van der Waals surface area contributed by atoms with E-state index in [9.17, 15) is 4.79 Å². The van der Waals surface area contributed by atoms with Gasteiger partial charge < -0.3 is 10.5 Å². The molecule has 0 spiro atoms. The summed E-state index contributed by atoms with van der Waals surface area (Å²) in [5.74, 6) is -0.147. The van der Waals surface area contributed by atoms with Gasteiger partial charge in [-0.15, -0.1) is 0 Å². The van der Waals surface area contributed by atoms with Crippen LogP contribution in [0.2, 0.25) is 0 Å². The summed E-state index contributed by atoms with van der Waals surface area (Å²) in [5.41, 5.74) is 5.36. The fourth-order valence-electron chi connectivity index (χ4n) is 2.68. The molecular weight excluding hydrogens is 216 g/mol. The molecule has 0 bridgehead atoms. The number of esters is 1.